The highest BCUT2D eigenvalue weighted by molar-refractivity contribution is 6.10. The standard InChI is InChI=1S/C27H24N2O/c1-16(2)19-9-11-20(12-10-19)21-6-5-15-28-25(21)24-17(3)7-13-22-23-14-8-18(4)29-27(23)30-26(22)24/h5-16H,1-4H3. The Bertz CT molecular complexity index is 1380. The van der Waals surface area contributed by atoms with E-state index in [1.165, 1.54) is 5.56 Å². The minimum Gasteiger partial charge on any atom is -0.437 e. The highest BCUT2D eigenvalue weighted by Crippen LogP contribution is 2.40. The summed E-state index contributed by atoms with van der Waals surface area (Å²) in [6.45, 7) is 8.52. The molecule has 3 heteroatoms. The van der Waals surface area contributed by atoms with Gasteiger partial charge in [0.25, 0.3) is 0 Å². The number of fused-ring (bicyclic) bond motifs is 3. The molecule has 0 radical (unpaired) electrons. The zero-order chi connectivity index (χ0) is 20.8. The van der Waals surface area contributed by atoms with E-state index >= 15 is 0 Å². The van der Waals surface area contributed by atoms with Gasteiger partial charge in [0.2, 0.25) is 5.71 Å². The first-order valence-electron chi connectivity index (χ1n) is 10.4. The number of hydrogen-bond acceptors (Lipinski definition) is 3. The highest BCUT2D eigenvalue weighted by atomic mass is 16.3. The minimum atomic E-state index is 0.509. The Balaban J connectivity index is 1.77. The van der Waals surface area contributed by atoms with Crippen LogP contribution in [0.4, 0.5) is 0 Å². The molecule has 3 aromatic heterocycles. The van der Waals surface area contributed by atoms with Crippen LogP contribution in [0.1, 0.15) is 36.6 Å². The number of rotatable bonds is 3. The van der Waals surface area contributed by atoms with Gasteiger partial charge in [0.05, 0.1) is 5.69 Å². The zero-order valence-electron chi connectivity index (χ0n) is 17.7. The third-order valence-electron chi connectivity index (χ3n) is 5.79. The summed E-state index contributed by atoms with van der Waals surface area (Å²) in [5.74, 6) is 0.509. The number of aryl methyl sites for hydroxylation is 2. The molecule has 0 N–H and O–H groups in total. The number of benzene rings is 2. The predicted molar refractivity (Wildman–Crippen MR) is 124 cm³/mol. The average Bonchev–Trinajstić information content (AvgIpc) is 3.11. The van der Waals surface area contributed by atoms with E-state index < -0.39 is 0 Å². The summed E-state index contributed by atoms with van der Waals surface area (Å²) in [6, 6.07) is 21.3. The van der Waals surface area contributed by atoms with Gasteiger partial charge < -0.3 is 4.42 Å². The maximum atomic E-state index is 6.29. The maximum absolute atomic E-state index is 6.29. The second kappa shape index (κ2) is 7.10. The van der Waals surface area contributed by atoms with Crippen molar-refractivity contribution >= 4 is 22.1 Å². The molecule has 0 saturated carbocycles. The number of aromatic nitrogens is 2. The minimum absolute atomic E-state index is 0.509. The second-order valence-electron chi connectivity index (χ2n) is 8.22. The van der Waals surface area contributed by atoms with Crippen molar-refractivity contribution in [1.82, 2.24) is 9.97 Å². The molecule has 0 aliphatic heterocycles. The Labute approximate surface area is 176 Å². The number of pyridine rings is 2. The van der Waals surface area contributed by atoms with Gasteiger partial charge in [-0.05, 0) is 54.7 Å². The molecule has 0 saturated heterocycles. The summed E-state index contributed by atoms with van der Waals surface area (Å²) < 4.78 is 6.29. The van der Waals surface area contributed by atoms with Crippen molar-refractivity contribution in [3.05, 3.63) is 83.7 Å². The van der Waals surface area contributed by atoms with Crippen LogP contribution in [0, 0.1) is 13.8 Å². The van der Waals surface area contributed by atoms with Crippen LogP contribution in [0.5, 0.6) is 0 Å². The lowest BCUT2D eigenvalue weighted by atomic mass is 9.93. The van der Waals surface area contributed by atoms with Gasteiger partial charge in [-0.2, -0.15) is 0 Å². The topological polar surface area (TPSA) is 38.9 Å². The van der Waals surface area contributed by atoms with Crippen molar-refractivity contribution in [3.8, 4) is 22.4 Å². The van der Waals surface area contributed by atoms with E-state index in [0.29, 0.717) is 11.6 Å². The summed E-state index contributed by atoms with van der Waals surface area (Å²) in [4.78, 5) is 9.40. The molecule has 0 aliphatic carbocycles. The van der Waals surface area contributed by atoms with Crippen molar-refractivity contribution in [3.63, 3.8) is 0 Å². The fourth-order valence-electron chi connectivity index (χ4n) is 4.09. The number of nitrogens with zero attached hydrogens (tertiary/aromatic N) is 2. The average molecular weight is 393 g/mol. The van der Waals surface area contributed by atoms with Gasteiger partial charge in [-0.25, -0.2) is 4.98 Å². The number of hydrogen-bond donors (Lipinski definition) is 0. The Morgan fingerprint density at radius 2 is 1.60 bits per heavy atom. The van der Waals surface area contributed by atoms with Crippen LogP contribution in [-0.2, 0) is 0 Å². The van der Waals surface area contributed by atoms with Gasteiger partial charge in [0.15, 0.2) is 0 Å². The zero-order valence-corrected chi connectivity index (χ0v) is 17.7. The molecule has 30 heavy (non-hydrogen) atoms. The van der Waals surface area contributed by atoms with E-state index in [4.69, 9.17) is 9.40 Å². The molecule has 2 aromatic carbocycles. The fourth-order valence-corrected chi connectivity index (χ4v) is 4.09. The maximum Gasteiger partial charge on any atom is 0.227 e. The lowest BCUT2D eigenvalue weighted by molar-refractivity contribution is 0.653. The lowest BCUT2D eigenvalue weighted by Crippen LogP contribution is -1.93. The SMILES string of the molecule is Cc1ccc2c(n1)oc1c(-c3ncccc3-c3ccc(C(C)C)cc3)c(C)ccc12. The normalized spacial score (nSPS) is 11.6. The molecular formula is C27H24N2O. The van der Waals surface area contributed by atoms with Crippen LogP contribution >= 0.6 is 0 Å². The van der Waals surface area contributed by atoms with Crippen LogP contribution in [0.25, 0.3) is 44.5 Å². The second-order valence-corrected chi connectivity index (χ2v) is 8.22. The van der Waals surface area contributed by atoms with E-state index in [9.17, 15) is 0 Å². The summed E-state index contributed by atoms with van der Waals surface area (Å²) >= 11 is 0. The molecule has 5 aromatic rings. The van der Waals surface area contributed by atoms with Gasteiger partial charge in [-0.15, -0.1) is 0 Å². The van der Waals surface area contributed by atoms with Gasteiger partial charge in [-0.3, -0.25) is 4.98 Å². The molecule has 0 amide bonds. The van der Waals surface area contributed by atoms with Crippen molar-refractivity contribution in [2.24, 2.45) is 0 Å². The predicted octanol–water partition coefficient (Wildman–Crippen LogP) is 7.45. The molecule has 0 atom stereocenters. The fraction of sp³-hybridized carbons (Fsp3) is 0.185. The van der Waals surface area contributed by atoms with Crippen molar-refractivity contribution in [2.45, 2.75) is 33.6 Å². The van der Waals surface area contributed by atoms with Crippen LogP contribution in [0.3, 0.4) is 0 Å². The molecule has 0 spiro atoms. The van der Waals surface area contributed by atoms with Crippen molar-refractivity contribution < 1.29 is 4.42 Å². The molecule has 0 bridgehead atoms. The van der Waals surface area contributed by atoms with E-state index in [2.05, 4.69) is 74.3 Å². The Morgan fingerprint density at radius 1 is 0.833 bits per heavy atom. The van der Waals surface area contributed by atoms with Crippen molar-refractivity contribution in [2.75, 3.05) is 0 Å². The van der Waals surface area contributed by atoms with Gasteiger partial charge in [0, 0.05) is 33.8 Å². The molecule has 5 rings (SSSR count). The summed E-state index contributed by atoms with van der Waals surface area (Å²) in [5.41, 5.74) is 9.18. The van der Waals surface area contributed by atoms with Crippen LogP contribution < -0.4 is 0 Å². The monoisotopic (exact) mass is 392 g/mol. The Hall–Kier alpha value is -3.46. The molecular weight excluding hydrogens is 368 g/mol. The molecule has 3 nitrogen and oxygen atoms in total. The molecule has 0 unspecified atom stereocenters. The molecule has 0 aliphatic rings. The van der Waals surface area contributed by atoms with Crippen LogP contribution in [-0.4, -0.2) is 9.97 Å². The summed E-state index contributed by atoms with van der Waals surface area (Å²) in [7, 11) is 0. The van der Waals surface area contributed by atoms with Crippen molar-refractivity contribution in [1.29, 1.82) is 0 Å². The van der Waals surface area contributed by atoms with Gasteiger partial charge >= 0.3 is 0 Å². The van der Waals surface area contributed by atoms with Gasteiger partial charge in [0.1, 0.15) is 5.58 Å². The third kappa shape index (κ3) is 2.98. The Morgan fingerprint density at radius 3 is 2.37 bits per heavy atom. The largest absolute Gasteiger partial charge is 0.437 e. The van der Waals surface area contributed by atoms with Crippen LogP contribution in [0.15, 0.2) is 71.3 Å². The lowest BCUT2D eigenvalue weighted by Gasteiger charge is -2.13. The third-order valence-corrected chi connectivity index (χ3v) is 5.79. The molecule has 0 fully saturated rings. The quantitative estimate of drug-likeness (QED) is 0.320. The van der Waals surface area contributed by atoms with E-state index in [0.717, 1.165) is 50.0 Å². The van der Waals surface area contributed by atoms with E-state index in [1.807, 2.05) is 25.3 Å². The first-order chi connectivity index (χ1) is 14.5. The summed E-state index contributed by atoms with van der Waals surface area (Å²) in [6.07, 6.45) is 1.85. The Kier molecular flexibility index (Phi) is 4.39. The van der Waals surface area contributed by atoms with Gasteiger partial charge in [-0.1, -0.05) is 56.3 Å². The smallest absolute Gasteiger partial charge is 0.227 e. The highest BCUT2D eigenvalue weighted by Gasteiger charge is 2.19. The number of furan rings is 1. The van der Waals surface area contributed by atoms with E-state index in [1.54, 1.807) is 0 Å². The van der Waals surface area contributed by atoms with E-state index in [-0.39, 0.29) is 0 Å². The summed E-state index contributed by atoms with van der Waals surface area (Å²) in [5, 5.41) is 2.11. The van der Waals surface area contributed by atoms with Crippen LogP contribution in [0.2, 0.25) is 0 Å². The molecule has 148 valence electrons. The molecule has 3 heterocycles. The first kappa shape index (κ1) is 18.6. The first-order valence-corrected chi connectivity index (χ1v) is 10.4.